The van der Waals surface area contributed by atoms with E-state index in [-0.39, 0.29) is 0 Å². The van der Waals surface area contributed by atoms with Crippen molar-refractivity contribution in [1.29, 1.82) is 0 Å². The van der Waals surface area contributed by atoms with Crippen LogP contribution >= 0.6 is 0 Å². The van der Waals surface area contributed by atoms with Crippen molar-refractivity contribution in [3.05, 3.63) is 6.43 Å². The van der Waals surface area contributed by atoms with Gasteiger partial charge < -0.3 is 0 Å². The van der Waals surface area contributed by atoms with Gasteiger partial charge in [0.25, 0.3) is 0 Å². The molecule has 0 N–H and O–H groups in total. The van der Waals surface area contributed by atoms with E-state index in [1.165, 1.54) is 0 Å². The second-order valence-corrected chi connectivity index (χ2v) is 3.64. The Kier molecular flexibility index (Phi) is 4.74. The van der Waals surface area contributed by atoms with E-state index < -0.39 is 42.2 Å². The number of alkyl halides is 13. The summed E-state index contributed by atoms with van der Waals surface area (Å²) in [6.45, 7) is 0. The summed E-state index contributed by atoms with van der Waals surface area (Å²) in [5.74, 6) is -23.8. The summed E-state index contributed by atoms with van der Waals surface area (Å²) < 4.78 is 182. The van der Waals surface area contributed by atoms with E-state index in [2.05, 4.69) is 0 Å². The second kappa shape index (κ2) is 4.97. The highest BCUT2D eigenvalue weighted by molar-refractivity contribution is 5.16. The van der Waals surface area contributed by atoms with Gasteiger partial charge in [-0.05, 0) is 0 Å². The molecular weight excluding hydrogens is 369 g/mol. The van der Waals surface area contributed by atoms with Gasteiger partial charge in [-0.1, -0.05) is 0 Å². The maximum Gasteiger partial charge on any atom is 0.438 e. The first-order chi connectivity index (χ1) is 9.19. The van der Waals surface area contributed by atoms with Crippen LogP contribution in [-0.4, -0.2) is 35.8 Å². The third kappa shape index (κ3) is 2.45. The lowest BCUT2D eigenvalue weighted by molar-refractivity contribution is -0.445. The molecule has 0 rings (SSSR count). The summed E-state index contributed by atoms with van der Waals surface area (Å²) in [7, 11) is 0. The Hall–Kier alpha value is -1.05. The summed E-state index contributed by atoms with van der Waals surface area (Å²) >= 11 is 0. The van der Waals surface area contributed by atoms with Gasteiger partial charge in [0.15, 0.2) is 0 Å². The molecule has 1 radical (unpaired) electrons. The molecule has 0 spiro atoms. The van der Waals surface area contributed by atoms with Crippen LogP contribution in [0.5, 0.6) is 0 Å². The lowest BCUT2D eigenvalue weighted by atomic mass is 9.88. The summed E-state index contributed by atoms with van der Waals surface area (Å²) in [5, 5.41) is 0. The minimum Gasteiger partial charge on any atom is -0.216 e. The van der Waals surface area contributed by atoms with E-state index in [1.54, 1.807) is 0 Å². The first-order valence-corrected chi connectivity index (χ1v) is 4.33. The van der Waals surface area contributed by atoms with Crippen molar-refractivity contribution in [1.82, 2.24) is 0 Å². The zero-order valence-electron chi connectivity index (χ0n) is 9.17. The van der Waals surface area contributed by atoms with E-state index >= 15 is 0 Å². The first kappa shape index (κ1) is 20.9. The number of rotatable bonds is 4. The highest BCUT2D eigenvalue weighted by atomic mass is 19.4. The molecule has 0 amide bonds. The van der Waals surface area contributed by atoms with Gasteiger partial charge in [-0.2, -0.15) is 61.5 Å². The smallest absolute Gasteiger partial charge is 0.216 e. The van der Waals surface area contributed by atoms with Crippen molar-refractivity contribution in [2.24, 2.45) is 0 Å². The van der Waals surface area contributed by atoms with Crippen LogP contribution in [0, 0.1) is 6.43 Å². The minimum atomic E-state index is -8.32. The largest absolute Gasteiger partial charge is 0.438 e. The average molecular weight is 369 g/mol. The molecule has 133 valence electrons. The molecular formula is C7F15. The molecule has 22 heavy (non-hydrogen) atoms. The standard InChI is InChI=1S/C7F15/c8-1(9)2(10,11)4(13,14)5(15,16)3(12,6(17,18)19)7(20,21)22. The van der Waals surface area contributed by atoms with Crippen molar-refractivity contribution in [3.8, 4) is 0 Å². The van der Waals surface area contributed by atoms with E-state index in [1.807, 2.05) is 0 Å². The van der Waals surface area contributed by atoms with Crippen molar-refractivity contribution in [2.45, 2.75) is 35.8 Å². The molecule has 0 heterocycles. The topological polar surface area (TPSA) is 0 Å². The molecule has 15 heteroatoms. The van der Waals surface area contributed by atoms with Gasteiger partial charge in [-0.25, -0.2) is 4.39 Å². The predicted molar refractivity (Wildman–Crippen MR) is 36.2 cm³/mol. The monoisotopic (exact) mass is 369 g/mol. The molecule has 0 fully saturated rings. The van der Waals surface area contributed by atoms with Crippen LogP contribution in [0.15, 0.2) is 0 Å². The normalized spacial score (nSPS) is 16.4. The summed E-state index contributed by atoms with van der Waals surface area (Å²) in [4.78, 5) is 0. The molecule has 0 unspecified atom stereocenters. The lowest BCUT2D eigenvalue weighted by Crippen LogP contribution is -2.73. The zero-order valence-corrected chi connectivity index (χ0v) is 9.17. The number of halogens is 15. The van der Waals surface area contributed by atoms with E-state index in [9.17, 15) is 65.9 Å². The van der Waals surface area contributed by atoms with Crippen LogP contribution in [0.1, 0.15) is 0 Å². The molecule has 0 aromatic heterocycles. The molecule has 0 bridgehead atoms. The molecule has 0 saturated heterocycles. The van der Waals surface area contributed by atoms with E-state index in [0.29, 0.717) is 0 Å². The van der Waals surface area contributed by atoms with E-state index in [0.717, 1.165) is 0 Å². The summed E-state index contributed by atoms with van der Waals surface area (Å²) in [5.41, 5.74) is -8.21. The number of hydrogen-bond acceptors (Lipinski definition) is 0. The van der Waals surface area contributed by atoms with Crippen molar-refractivity contribution in [3.63, 3.8) is 0 Å². The Labute approximate surface area is 109 Å². The average Bonchev–Trinajstić information content (AvgIpc) is 2.23. The summed E-state index contributed by atoms with van der Waals surface area (Å²) in [6, 6.07) is 0. The Morgan fingerprint density at radius 1 is 0.455 bits per heavy atom. The fourth-order valence-corrected chi connectivity index (χ4v) is 1.05. The molecule has 0 nitrogen and oxygen atoms in total. The third-order valence-corrected chi connectivity index (χ3v) is 2.24. The number of hydrogen-bond donors (Lipinski definition) is 0. The Morgan fingerprint density at radius 3 is 0.909 bits per heavy atom. The van der Waals surface area contributed by atoms with Gasteiger partial charge in [0.05, 0.1) is 0 Å². The molecule has 0 aromatic rings. The SMILES string of the molecule is F[C](F)C(F)(F)C(F)(F)C(F)(F)C(F)(C(F)(F)F)C(F)(F)F. The maximum absolute atomic E-state index is 12.8. The van der Waals surface area contributed by atoms with Crippen LogP contribution in [0.4, 0.5) is 65.9 Å². The van der Waals surface area contributed by atoms with Gasteiger partial charge in [-0.15, -0.1) is 0 Å². The van der Waals surface area contributed by atoms with E-state index in [4.69, 9.17) is 0 Å². The van der Waals surface area contributed by atoms with Crippen LogP contribution < -0.4 is 0 Å². The molecule has 0 aliphatic rings. The quantitative estimate of drug-likeness (QED) is 0.601. The highest BCUT2D eigenvalue weighted by Gasteiger charge is 2.94. The van der Waals surface area contributed by atoms with Gasteiger partial charge in [0.1, 0.15) is 0 Å². The van der Waals surface area contributed by atoms with Crippen molar-refractivity contribution in [2.75, 3.05) is 0 Å². The third-order valence-electron chi connectivity index (χ3n) is 2.24. The molecule has 0 saturated carbocycles. The van der Waals surface area contributed by atoms with Crippen molar-refractivity contribution < 1.29 is 65.9 Å². The Morgan fingerprint density at radius 2 is 0.727 bits per heavy atom. The molecule has 0 aliphatic carbocycles. The molecule has 0 aliphatic heterocycles. The first-order valence-electron chi connectivity index (χ1n) is 4.33. The van der Waals surface area contributed by atoms with Crippen molar-refractivity contribution >= 4 is 0 Å². The highest BCUT2D eigenvalue weighted by Crippen LogP contribution is 2.63. The van der Waals surface area contributed by atoms with Crippen LogP contribution in [0.3, 0.4) is 0 Å². The summed E-state index contributed by atoms with van der Waals surface area (Å²) in [6.07, 6.45) is -20.7. The molecule has 0 atom stereocenters. The molecule has 0 aromatic carbocycles. The minimum absolute atomic E-state index is 4.94. The van der Waals surface area contributed by atoms with Gasteiger partial charge in [-0.3, -0.25) is 0 Å². The van der Waals surface area contributed by atoms with Gasteiger partial charge in [0, 0.05) is 0 Å². The van der Waals surface area contributed by atoms with Gasteiger partial charge in [0.2, 0.25) is 0 Å². The van der Waals surface area contributed by atoms with Crippen LogP contribution in [0.25, 0.3) is 0 Å². The second-order valence-electron chi connectivity index (χ2n) is 3.64. The van der Waals surface area contributed by atoms with Gasteiger partial charge >= 0.3 is 42.2 Å². The lowest BCUT2D eigenvalue weighted by Gasteiger charge is -2.41. The maximum atomic E-state index is 12.8. The fraction of sp³-hybridized carbons (Fsp3) is 0.857. The van der Waals surface area contributed by atoms with Crippen LogP contribution in [-0.2, 0) is 0 Å². The predicted octanol–water partition coefficient (Wildman–Crippen LogP) is 5.15. The Balaban J connectivity index is 6.52. The zero-order chi connectivity index (χ0) is 18.6. The van der Waals surface area contributed by atoms with Crippen LogP contribution in [0.2, 0.25) is 0 Å². The fourth-order valence-electron chi connectivity index (χ4n) is 1.05. The Bertz CT molecular complexity index is 383.